The monoisotopic (exact) mass is 226 g/mol. The van der Waals surface area contributed by atoms with Crippen molar-refractivity contribution in [2.45, 2.75) is 33.0 Å². The van der Waals surface area contributed by atoms with E-state index in [9.17, 15) is 9.90 Å². The molecule has 0 spiro atoms. The van der Waals surface area contributed by atoms with E-state index in [1.54, 1.807) is 6.92 Å². The van der Waals surface area contributed by atoms with Crippen molar-refractivity contribution in [2.75, 3.05) is 6.61 Å². The van der Waals surface area contributed by atoms with E-state index in [0.717, 1.165) is 12.8 Å². The molecule has 4 heteroatoms. The zero-order valence-corrected chi connectivity index (χ0v) is 9.68. The molecule has 0 saturated heterocycles. The summed E-state index contributed by atoms with van der Waals surface area (Å²) in [4.78, 5) is 11.7. The summed E-state index contributed by atoms with van der Waals surface area (Å²) in [5.41, 5.74) is 0.585. The summed E-state index contributed by atoms with van der Waals surface area (Å²) < 4.78 is 10.1. The third kappa shape index (κ3) is 1.82. The van der Waals surface area contributed by atoms with E-state index in [0.29, 0.717) is 18.1 Å². The first-order valence-electron chi connectivity index (χ1n) is 5.85. The van der Waals surface area contributed by atoms with Gasteiger partial charge < -0.3 is 14.6 Å². The van der Waals surface area contributed by atoms with Crippen LogP contribution in [0.15, 0.2) is 11.8 Å². The third-order valence-electron chi connectivity index (χ3n) is 3.63. The predicted octanol–water partition coefficient (Wildman–Crippen LogP) is 1.44. The number of esters is 1. The molecular formula is C12H18O4. The molecule has 4 nitrogen and oxygen atoms in total. The topological polar surface area (TPSA) is 55.8 Å². The van der Waals surface area contributed by atoms with E-state index in [1.165, 1.54) is 6.26 Å². The van der Waals surface area contributed by atoms with Gasteiger partial charge in [-0.2, -0.15) is 0 Å². The Kier molecular flexibility index (Phi) is 3.19. The van der Waals surface area contributed by atoms with Gasteiger partial charge in [0.05, 0.1) is 18.4 Å². The Labute approximate surface area is 95.2 Å². The third-order valence-corrected chi connectivity index (χ3v) is 3.63. The minimum atomic E-state index is -0.777. The molecule has 90 valence electrons. The van der Waals surface area contributed by atoms with E-state index in [4.69, 9.17) is 9.47 Å². The van der Waals surface area contributed by atoms with Crippen LogP contribution in [0.5, 0.6) is 0 Å². The average Bonchev–Trinajstić information content (AvgIpc) is 2.62. The molecule has 0 unspecified atom stereocenters. The van der Waals surface area contributed by atoms with Crippen molar-refractivity contribution in [3.05, 3.63) is 11.8 Å². The lowest BCUT2D eigenvalue weighted by atomic mass is 9.83. The van der Waals surface area contributed by atoms with E-state index in [1.807, 2.05) is 0 Å². The van der Waals surface area contributed by atoms with Crippen LogP contribution in [0, 0.1) is 17.8 Å². The minimum absolute atomic E-state index is 0.0319. The fraction of sp³-hybridized carbons (Fsp3) is 0.750. The van der Waals surface area contributed by atoms with E-state index in [-0.39, 0.29) is 17.8 Å². The second-order valence-corrected chi connectivity index (χ2v) is 4.56. The second-order valence-electron chi connectivity index (χ2n) is 4.56. The first kappa shape index (κ1) is 11.5. The summed E-state index contributed by atoms with van der Waals surface area (Å²) in [5, 5.41) is 9.76. The lowest BCUT2D eigenvalue weighted by molar-refractivity contribution is -0.146. The number of fused-ring (bicyclic) bond motifs is 1. The van der Waals surface area contributed by atoms with Crippen LogP contribution in [0.2, 0.25) is 0 Å². The SMILES string of the molecule is CCOC(=O)C1=CO[C@@H](O)[C@H]2[C@@H]1CC[C@@H]2C. The number of rotatable bonds is 2. The smallest absolute Gasteiger partial charge is 0.337 e. The fourth-order valence-electron chi connectivity index (χ4n) is 2.80. The Balaban J connectivity index is 2.18. The summed E-state index contributed by atoms with van der Waals surface area (Å²) in [5.74, 6) is 0.207. The first-order chi connectivity index (χ1) is 7.65. The van der Waals surface area contributed by atoms with Gasteiger partial charge in [0.2, 0.25) is 0 Å². The van der Waals surface area contributed by atoms with Gasteiger partial charge in [-0.3, -0.25) is 0 Å². The maximum Gasteiger partial charge on any atom is 0.337 e. The first-order valence-corrected chi connectivity index (χ1v) is 5.85. The summed E-state index contributed by atoms with van der Waals surface area (Å²) in [6.07, 6.45) is 2.55. The summed E-state index contributed by atoms with van der Waals surface area (Å²) in [7, 11) is 0. The van der Waals surface area contributed by atoms with Gasteiger partial charge >= 0.3 is 5.97 Å². The van der Waals surface area contributed by atoms with Gasteiger partial charge in [0.15, 0.2) is 6.29 Å². The van der Waals surface area contributed by atoms with Crippen LogP contribution < -0.4 is 0 Å². The molecule has 2 rings (SSSR count). The van der Waals surface area contributed by atoms with Crippen LogP contribution in [0.4, 0.5) is 0 Å². The second kappa shape index (κ2) is 4.45. The molecule has 1 N–H and O–H groups in total. The number of hydrogen-bond acceptors (Lipinski definition) is 4. The standard InChI is InChI=1S/C12H18O4/c1-3-15-11(13)9-6-16-12(14)10-7(2)4-5-8(9)10/h6-8,10,12,14H,3-5H2,1-2H3/t7-,8+,10+,12+/m0/s1. The van der Waals surface area contributed by atoms with Crippen molar-refractivity contribution in [3.8, 4) is 0 Å². The molecular weight excluding hydrogens is 208 g/mol. The van der Waals surface area contributed by atoms with Gasteiger partial charge in [-0.25, -0.2) is 4.79 Å². The molecule has 0 bridgehead atoms. The highest BCUT2D eigenvalue weighted by Gasteiger charge is 2.45. The Morgan fingerprint density at radius 3 is 3.06 bits per heavy atom. The molecule has 0 aromatic carbocycles. The van der Waals surface area contributed by atoms with E-state index >= 15 is 0 Å². The highest BCUT2D eigenvalue weighted by molar-refractivity contribution is 5.89. The highest BCUT2D eigenvalue weighted by Crippen LogP contribution is 2.45. The Hall–Kier alpha value is -1.03. The molecule has 2 aliphatic rings. The molecule has 1 aliphatic heterocycles. The number of carbonyl (C=O) groups excluding carboxylic acids is 1. The molecule has 1 saturated carbocycles. The average molecular weight is 226 g/mol. The Bertz CT molecular complexity index is 310. The number of aliphatic hydroxyl groups excluding tert-OH is 1. The van der Waals surface area contributed by atoms with Crippen molar-refractivity contribution in [1.29, 1.82) is 0 Å². The molecule has 0 amide bonds. The normalized spacial score (nSPS) is 37.3. The number of carbonyl (C=O) groups is 1. The van der Waals surface area contributed by atoms with Crippen molar-refractivity contribution in [3.63, 3.8) is 0 Å². The number of ether oxygens (including phenoxy) is 2. The van der Waals surface area contributed by atoms with Gasteiger partial charge in [0.1, 0.15) is 0 Å². The van der Waals surface area contributed by atoms with E-state index < -0.39 is 6.29 Å². The molecule has 1 fully saturated rings. The lowest BCUT2D eigenvalue weighted by Gasteiger charge is -2.32. The van der Waals surface area contributed by atoms with Gasteiger partial charge in [0.25, 0.3) is 0 Å². The van der Waals surface area contributed by atoms with Crippen LogP contribution in [-0.2, 0) is 14.3 Å². The van der Waals surface area contributed by atoms with Crippen LogP contribution in [0.25, 0.3) is 0 Å². The predicted molar refractivity (Wildman–Crippen MR) is 57.2 cm³/mol. The highest BCUT2D eigenvalue weighted by atomic mass is 16.6. The summed E-state index contributed by atoms with van der Waals surface area (Å²) >= 11 is 0. The quantitative estimate of drug-likeness (QED) is 0.724. The zero-order valence-electron chi connectivity index (χ0n) is 9.68. The van der Waals surface area contributed by atoms with Gasteiger partial charge in [-0.15, -0.1) is 0 Å². The maximum absolute atomic E-state index is 11.7. The lowest BCUT2D eigenvalue weighted by Crippen LogP contribution is -2.35. The largest absolute Gasteiger partial charge is 0.472 e. The molecule has 16 heavy (non-hydrogen) atoms. The molecule has 4 atom stereocenters. The van der Waals surface area contributed by atoms with Gasteiger partial charge in [-0.05, 0) is 25.7 Å². The molecule has 0 aromatic rings. The van der Waals surface area contributed by atoms with E-state index in [2.05, 4.69) is 6.92 Å². The summed E-state index contributed by atoms with van der Waals surface area (Å²) in [6, 6.07) is 0. The van der Waals surface area contributed by atoms with Crippen LogP contribution in [0.3, 0.4) is 0 Å². The van der Waals surface area contributed by atoms with Crippen molar-refractivity contribution < 1.29 is 19.4 Å². The van der Waals surface area contributed by atoms with Crippen LogP contribution in [-0.4, -0.2) is 24.0 Å². The molecule has 0 radical (unpaired) electrons. The molecule has 1 heterocycles. The Morgan fingerprint density at radius 2 is 2.38 bits per heavy atom. The summed E-state index contributed by atoms with van der Waals surface area (Å²) in [6.45, 7) is 4.24. The van der Waals surface area contributed by atoms with Gasteiger partial charge in [-0.1, -0.05) is 6.92 Å². The van der Waals surface area contributed by atoms with Crippen molar-refractivity contribution in [2.24, 2.45) is 17.8 Å². The van der Waals surface area contributed by atoms with Crippen LogP contribution >= 0.6 is 0 Å². The molecule has 1 aliphatic carbocycles. The van der Waals surface area contributed by atoms with Crippen LogP contribution in [0.1, 0.15) is 26.7 Å². The maximum atomic E-state index is 11.7. The van der Waals surface area contributed by atoms with Crippen molar-refractivity contribution >= 4 is 5.97 Å². The fourth-order valence-corrected chi connectivity index (χ4v) is 2.80. The Morgan fingerprint density at radius 1 is 1.62 bits per heavy atom. The van der Waals surface area contributed by atoms with Gasteiger partial charge in [0, 0.05) is 11.8 Å². The zero-order chi connectivity index (χ0) is 11.7. The number of aliphatic hydroxyl groups is 1. The van der Waals surface area contributed by atoms with Crippen molar-refractivity contribution in [1.82, 2.24) is 0 Å². The molecule has 0 aromatic heterocycles. The minimum Gasteiger partial charge on any atom is -0.472 e. The number of hydrogen-bond donors (Lipinski definition) is 1.